The Morgan fingerprint density at radius 2 is 1.90 bits per heavy atom. The summed E-state index contributed by atoms with van der Waals surface area (Å²) in [6, 6.07) is 4.48. The highest BCUT2D eigenvalue weighted by Crippen LogP contribution is 2.30. The van der Waals surface area contributed by atoms with Crippen molar-refractivity contribution in [3.63, 3.8) is 0 Å². The van der Waals surface area contributed by atoms with E-state index in [1.54, 1.807) is 51.3 Å². The van der Waals surface area contributed by atoms with Gasteiger partial charge in [0.25, 0.3) is 0 Å². The lowest BCUT2D eigenvalue weighted by Crippen LogP contribution is -2.49. The molecule has 1 N–H and O–H groups in total. The summed E-state index contributed by atoms with van der Waals surface area (Å²) >= 11 is 3.36. The quantitative estimate of drug-likeness (QED) is 0.546. The first kappa shape index (κ1) is 24.8. The average Bonchev–Trinajstić information content (AvgIpc) is 3.04. The number of aromatic nitrogens is 2. The van der Waals surface area contributed by atoms with Gasteiger partial charge in [0.05, 0.1) is 30.7 Å². The third-order valence-electron chi connectivity index (χ3n) is 4.50. The van der Waals surface area contributed by atoms with Gasteiger partial charge in [-0.3, -0.25) is 0 Å². The van der Waals surface area contributed by atoms with Crippen LogP contribution in [0.25, 0.3) is 0 Å². The lowest BCUT2D eigenvalue weighted by Gasteiger charge is -2.33. The molecule has 1 atom stereocenters. The molecule has 1 aromatic heterocycles. The minimum atomic E-state index is -1.26. The maximum Gasteiger partial charge on any atom is 0.408 e. The molecular formula is C22H29BrFN3O4. The van der Waals surface area contributed by atoms with Gasteiger partial charge in [0.1, 0.15) is 11.4 Å². The van der Waals surface area contributed by atoms with Crippen LogP contribution < -0.4 is 5.32 Å². The van der Waals surface area contributed by atoms with Crippen LogP contribution in [0.1, 0.15) is 63.3 Å². The summed E-state index contributed by atoms with van der Waals surface area (Å²) in [6.45, 7) is 10.7. The number of carbonyl (C=O) groups is 2. The number of nitrogens with zero attached hydrogens (tertiary/aromatic N) is 2. The fourth-order valence-corrected chi connectivity index (χ4v) is 3.58. The van der Waals surface area contributed by atoms with Crippen molar-refractivity contribution in [1.82, 2.24) is 14.9 Å². The molecule has 7 nitrogen and oxygen atoms in total. The Bertz CT molecular complexity index is 955. The Kier molecular flexibility index (Phi) is 7.86. The number of halogens is 2. The Morgan fingerprint density at radius 3 is 2.48 bits per heavy atom. The van der Waals surface area contributed by atoms with Gasteiger partial charge in [-0.2, -0.15) is 0 Å². The Hall–Kier alpha value is -2.42. The summed E-state index contributed by atoms with van der Waals surface area (Å²) in [6.07, 6.45) is 1.31. The Balaban J connectivity index is 2.54. The molecule has 1 amide bonds. The fraction of sp³-hybridized carbons (Fsp3) is 0.500. The van der Waals surface area contributed by atoms with Gasteiger partial charge in [-0.1, -0.05) is 22.9 Å². The van der Waals surface area contributed by atoms with Gasteiger partial charge < -0.3 is 19.4 Å². The van der Waals surface area contributed by atoms with Crippen molar-refractivity contribution in [2.45, 2.75) is 65.6 Å². The van der Waals surface area contributed by atoms with E-state index in [4.69, 9.17) is 9.47 Å². The predicted octanol–water partition coefficient (Wildman–Crippen LogP) is 4.96. The van der Waals surface area contributed by atoms with E-state index < -0.39 is 29.0 Å². The van der Waals surface area contributed by atoms with E-state index in [1.165, 1.54) is 12.4 Å². The van der Waals surface area contributed by atoms with Gasteiger partial charge in [0.2, 0.25) is 0 Å². The standard InChI is InChI=1S/C22H29BrFN3O4/c1-7-17-18(19(28)30-8-2)27(13-25-17)12-22(6,26-20(29)31-21(3,4)5)15-11-14(23)9-10-16(15)24/h9-11,13H,7-8,12H2,1-6H3,(H,26,29)/t22-/m0/s1. The van der Waals surface area contributed by atoms with Crippen molar-refractivity contribution in [2.75, 3.05) is 6.61 Å². The summed E-state index contributed by atoms with van der Waals surface area (Å²) in [4.78, 5) is 29.5. The van der Waals surface area contributed by atoms with Crippen molar-refractivity contribution >= 4 is 28.0 Å². The third-order valence-corrected chi connectivity index (χ3v) is 5.00. The SMILES string of the molecule is CCOC(=O)c1c(CC)ncn1C[C@](C)(NC(=O)OC(C)(C)C)c1cc(Br)ccc1F. The first-order valence-electron chi connectivity index (χ1n) is 10.1. The molecule has 0 fully saturated rings. The molecule has 0 aliphatic heterocycles. The molecule has 170 valence electrons. The summed E-state index contributed by atoms with van der Waals surface area (Å²) < 4.78 is 27.7. The molecule has 0 aliphatic carbocycles. The number of imidazole rings is 1. The highest BCUT2D eigenvalue weighted by molar-refractivity contribution is 9.10. The number of hydrogen-bond donors (Lipinski definition) is 1. The number of carbonyl (C=O) groups excluding carboxylic acids is 2. The summed E-state index contributed by atoms with van der Waals surface area (Å²) in [5.74, 6) is -1.03. The molecule has 0 aliphatic rings. The minimum absolute atomic E-state index is 0.0285. The summed E-state index contributed by atoms with van der Waals surface area (Å²) in [5.41, 5.74) is -0.927. The number of alkyl carbamates (subject to hydrolysis) is 1. The third kappa shape index (κ3) is 6.29. The average molecular weight is 498 g/mol. The molecule has 1 aromatic carbocycles. The van der Waals surface area contributed by atoms with Gasteiger partial charge in [-0.05, 0) is 59.2 Å². The summed E-state index contributed by atoms with van der Waals surface area (Å²) in [5, 5.41) is 2.79. The second-order valence-electron chi connectivity index (χ2n) is 8.32. The topological polar surface area (TPSA) is 82.5 Å². The van der Waals surface area contributed by atoms with E-state index in [2.05, 4.69) is 26.2 Å². The van der Waals surface area contributed by atoms with Crippen LogP contribution in [0.3, 0.4) is 0 Å². The zero-order valence-electron chi connectivity index (χ0n) is 18.7. The van der Waals surface area contributed by atoms with Gasteiger partial charge >= 0.3 is 12.1 Å². The van der Waals surface area contributed by atoms with Crippen LogP contribution >= 0.6 is 15.9 Å². The molecule has 0 radical (unpaired) electrons. The van der Waals surface area contributed by atoms with Crippen LogP contribution in [0.4, 0.5) is 9.18 Å². The van der Waals surface area contributed by atoms with Crippen LogP contribution in [-0.2, 0) is 28.0 Å². The zero-order valence-corrected chi connectivity index (χ0v) is 20.3. The molecule has 0 saturated heterocycles. The van der Waals surface area contributed by atoms with Crippen molar-refractivity contribution in [3.8, 4) is 0 Å². The molecule has 2 aromatic rings. The van der Waals surface area contributed by atoms with Crippen LogP contribution in [0.5, 0.6) is 0 Å². The summed E-state index contributed by atoms with van der Waals surface area (Å²) in [7, 11) is 0. The zero-order chi connectivity index (χ0) is 23.4. The van der Waals surface area contributed by atoms with Gasteiger partial charge in [0.15, 0.2) is 5.69 Å². The number of hydrogen-bond acceptors (Lipinski definition) is 5. The van der Waals surface area contributed by atoms with E-state index in [0.717, 1.165) is 0 Å². The largest absolute Gasteiger partial charge is 0.461 e. The van der Waals surface area contributed by atoms with Crippen molar-refractivity contribution in [1.29, 1.82) is 0 Å². The molecule has 0 spiro atoms. The number of nitrogens with one attached hydrogen (secondary N) is 1. The first-order valence-corrected chi connectivity index (χ1v) is 10.9. The minimum Gasteiger partial charge on any atom is -0.461 e. The number of aryl methyl sites for hydroxylation is 1. The number of benzene rings is 1. The predicted molar refractivity (Wildman–Crippen MR) is 118 cm³/mol. The molecule has 0 bridgehead atoms. The molecule has 0 unspecified atom stereocenters. The Morgan fingerprint density at radius 1 is 1.23 bits per heavy atom. The van der Waals surface area contributed by atoms with Crippen LogP contribution in [0, 0.1) is 5.82 Å². The van der Waals surface area contributed by atoms with Crippen LogP contribution in [0.15, 0.2) is 29.0 Å². The maximum absolute atomic E-state index is 14.9. The second-order valence-corrected chi connectivity index (χ2v) is 9.24. The van der Waals surface area contributed by atoms with Gasteiger partial charge in [-0.15, -0.1) is 0 Å². The number of esters is 1. The lowest BCUT2D eigenvalue weighted by molar-refractivity contribution is 0.0446. The van der Waals surface area contributed by atoms with Crippen LogP contribution in [-0.4, -0.2) is 33.8 Å². The van der Waals surface area contributed by atoms with Crippen molar-refractivity contribution in [2.24, 2.45) is 0 Å². The molecular weight excluding hydrogens is 469 g/mol. The van der Waals surface area contributed by atoms with Gasteiger partial charge in [0, 0.05) is 10.0 Å². The second kappa shape index (κ2) is 9.80. The molecule has 31 heavy (non-hydrogen) atoms. The van der Waals surface area contributed by atoms with Crippen molar-refractivity contribution < 1.29 is 23.5 Å². The monoisotopic (exact) mass is 497 g/mol. The number of amides is 1. The van der Waals surface area contributed by atoms with E-state index in [-0.39, 0.29) is 24.4 Å². The smallest absolute Gasteiger partial charge is 0.408 e. The van der Waals surface area contributed by atoms with E-state index in [0.29, 0.717) is 16.6 Å². The lowest BCUT2D eigenvalue weighted by atomic mass is 9.91. The normalized spacial score (nSPS) is 13.4. The van der Waals surface area contributed by atoms with E-state index in [9.17, 15) is 14.0 Å². The first-order chi connectivity index (χ1) is 14.4. The highest BCUT2D eigenvalue weighted by atomic mass is 79.9. The molecule has 9 heteroatoms. The van der Waals surface area contributed by atoms with E-state index >= 15 is 0 Å². The van der Waals surface area contributed by atoms with Crippen molar-refractivity contribution in [3.05, 3.63) is 51.8 Å². The Labute approximate surface area is 190 Å². The van der Waals surface area contributed by atoms with E-state index in [1.807, 2.05) is 6.92 Å². The highest BCUT2D eigenvalue weighted by Gasteiger charge is 2.35. The van der Waals surface area contributed by atoms with Gasteiger partial charge in [-0.25, -0.2) is 19.0 Å². The molecule has 1 heterocycles. The number of ether oxygens (including phenoxy) is 2. The maximum atomic E-state index is 14.9. The molecule has 2 rings (SSSR count). The van der Waals surface area contributed by atoms with Crippen LogP contribution in [0.2, 0.25) is 0 Å². The fourth-order valence-electron chi connectivity index (χ4n) is 3.22. The number of rotatable bonds is 7. The molecule has 0 saturated carbocycles.